The van der Waals surface area contributed by atoms with Crippen molar-refractivity contribution in [2.75, 3.05) is 19.8 Å². The van der Waals surface area contributed by atoms with Crippen molar-refractivity contribution in [2.45, 2.75) is 192 Å². The summed E-state index contributed by atoms with van der Waals surface area (Å²) in [4.78, 5) is 46.0. The van der Waals surface area contributed by atoms with Crippen LogP contribution in [0.1, 0.15) is 168 Å². The number of carbonyl (C=O) groups is 3. The average Bonchev–Trinajstić information content (AvgIpc) is 3.94. The quantitative estimate of drug-likeness (QED) is 0.0175. The summed E-state index contributed by atoms with van der Waals surface area (Å²) >= 11 is 0. The molecule has 0 radical (unpaired) electrons. The third-order valence-corrected chi connectivity index (χ3v) is 10.4. The van der Waals surface area contributed by atoms with E-state index in [1.165, 1.54) is 38.5 Å². The lowest BCUT2D eigenvalue weighted by Crippen LogP contribution is -2.34. The fourth-order valence-corrected chi connectivity index (χ4v) is 6.68. The van der Waals surface area contributed by atoms with E-state index >= 15 is 0 Å². The predicted molar refractivity (Wildman–Crippen MR) is 226 cm³/mol. The first kappa shape index (κ1) is 52.4. The Labute approximate surface area is 343 Å². The molecular formula is C44H76NO11P. The molecule has 12 nitrogen and oxygen atoms in total. The molecule has 57 heavy (non-hydrogen) atoms. The van der Waals surface area contributed by atoms with Gasteiger partial charge in [-0.05, 0) is 77.0 Å². The minimum atomic E-state index is -4.73. The summed E-state index contributed by atoms with van der Waals surface area (Å²) in [6.45, 7) is 2.69. The molecule has 0 spiro atoms. The van der Waals surface area contributed by atoms with E-state index in [4.69, 9.17) is 29.6 Å². The summed E-state index contributed by atoms with van der Waals surface area (Å²) in [6.07, 6.45) is 40.5. The van der Waals surface area contributed by atoms with Crippen molar-refractivity contribution in [3.8, 4) is 0 Å². The zero-order valence-electron chi connectivity index (χ0n) is 35.1. The number of carbonyl (C=O) groups excluding carboxylic acids is 2. The number of epoxide rings is 1. The number of hydrogen-bond acceptors (Lipinski definition) is 10. The van der Waals surface area contributed by atoms with E-state index in [0.29, 0.717) is 25.0 Å². The lowest BCUT2D eigenvalue weighted by molar-refractivity contribution is -0.161. The Balaban J connectivity index is 2.31. The SMILES string of the molecule is CCCCC/C=C\C/C=C\C/C=C\CCCCCCC(=O)OC[C@H](COP(=O)(O)OC[C@H](N)C(=O)O)OC(=O)CCCCCCCC1OC1C/C=C\CCCCC. The van der Waals surface area contributed by atoms with Gasteiger partial charge in [-0.2, -0.15) is 0 Å². The second-order valence-corrected chi connectivity index (χ2v) is 16.3. The number of carboxylic acids is 1. The molecule has 0 bridgehead atoms. The normalized spacial score (nSPS) is 17.8. The van der Waals surface area contributed by atoms with Gasteiger partial charge >= 0.3 is 25.7 Å². The third kappa shape index (κ3) is 33.0. The molecule has 1 aliphatic heterocycles. The number of phosphoric acid groups is 1. The maximum atomic E-state index is 12.6. The molecule has 328 valence electrons. The van der Waals surface area contributed by atoms with Crippen molar-refractivity contribution in [1.82, 2.24) is 0 Å². The molecule has 1 rings (SSSR count). The number of phosphoric ester groups is 1. The fraction of sp³-hybridized carbons (Fsp3) is 0.750. The van der Waals surface area contributed by atoms with Gasteiger partial charge in [0.2, 0.25) is 0 Å². The highest BCUT2D eigenvalue weighted by Gasteiger charge is 2.36. The maximum Gasteiger partial charge on any atom is 0.472 e. The summed E-state index contributed by atoms with van der Waals surface area (Å²) in [7, 11) is -4.73. The second-order valence-electron chi connectivity index (χ2n) is 14.9. The number of esters is 2. The lowest BCUT2D eigenvalue weighted by atomic mass is 10.1. The van der Waals surface area contributed by atoms with Crippen molar-refractivity contribution < 1.29 is 52.2 Å². The van der Waals surface area contributed by atoms with Gasteiger partial charge < -0.3 is 29.9 Å². The number of ether oxygens (including phenoxy) is 3. The van der Waals surface area contributed by atoms with E-state index in [9.17, 15) is 23.8 Å². The van der Waals surface area contributed by atoms with Crippen molar-refractivity contribution in [3.05, 3.63) is 48.6 Å². The first-order valence-electron chi connectivity index (χ1n) is 21.8. The summed E-state index contributed by atoms with van der Waals surface area (Å²) in [5.41, 5.74) is 5.33. The molecule has 0 aromatic rings. The minimum absolute atomic E-state index is 0.131. The summed E-state index contributed by atoms with van der Waals surface area (Å²) in [5, 5.41) is 8.89. The zero-order chi connectivity index (χ0) is 41.8. The van der Waals surface area contributed by atoms with Crippen LogP contribution < -0.4 is 5.73 Å². The van der Waals surface area contributed by atoms with E-state index < -0.39 is 51.1 Å². The molecule has 0 aromatic carbocycles. The van der Waals surface area contributed by atoms with Crippen LogP contribution in [0.3, 0.4) is 0 Å². The van der Waals surface area contributed by atoms with Crippen LogP contribution in [0.15, 0.2) is 48.6 Å². The molecule has 1 saturated heterocycles. The van der Waals surface area contributed by atoms with Crippen LogP contribution in [0.5, 0.6) is 0 Å². The number of nitrogens with two attached hydrogens (primary N) is 1. The van der Waals surface area contributed by atoms with Crippen LogP contribution in [-0.2, 0) is 42.2 Å². The summed E-state index contributed by atoms with van der Waals surface area (Å²) in [5.74, 6) is -2.44. The van der Waals surface area contributed by atoms with Gasteiger partial charge in [0, 0.05) is 12.8 Å². The van der Waals surface area contributed by atoms with Crippen LogP contribution in [0, 0.1) is 0 Å². The highest BCUT2D eigenvalue weighted by atomic mass is 31.2. The van der Waals surface area contributed by atoms with E-state index in [-0.39, 0.29) is 19.4 Å². The van der Waals surface area contributed by atoms with Gasteiger partial charge in [-0.25, -0.2) is 4.57 Å². The molecule has 4 N–H and O–H groups in total. The second kappa shape index (κ2) is 35.4. The molecule has 5 atom stereocenters. The smallest absolute Gasteiger partial charge is 0.472 e. The average molecular weight is 826 g/mol. The Morgan fingerprint density at radius 2 is 1.16 bits per heavy atom. The van der Waals surface area contributed by atoms with Crippen LogP contribution in [0.25, 0.3) is 0 Å². The first-order chi connectivity index (χ1) is 27.6. The van der Waals surface area contributed by atoms with Gasteiger partial charge in [0.1, 0.15) is 12.6 Å². The molecule has 1 heterocycles. The van der Waals surface area contributed by atoms with Crippen molar-refractivity contribution >= 4 is 25.7 Å². The number of unbranched alkanes of at least 4 members (excludes halogenated alkanes) is 14. The molecule has 0 saturated carbocycles. The van der Waals surface area contributed by atoms with Gasteiger partial charge in [0.05, 0.1) is 25.4 Å². The molecule has 3 unspecified atom stereocenters. The predicted octanol–water partition coefficient (Wildman–Crippen LogP) is 10.4. The monoisotopic (exact) mass is 826 g/mol. The molecule has 0 amide bonds. The standard InChI is InChI=1S/C44H76NO11P/c1-3-5-7-9-11-12-13-14-15-16-17-18-19-20-21-25-29-33-42(46)52-35-38(36-53-57(50,51)54-37-39(45)44(48)49)55-43(47)34-30-26-22-24-28-32-41-40(56-41)31-27-23-10-8-6-4-2/h11-12,14-15,17-18,23,27,38-41H,3-10,13,16,19-22,24-26,28-37,45H2,1-2H3,(H,48,49)(H,50,51)/b12-11-,15-14-,18-17-,27-23-/t38-,39+,40?,41?/m1/s1. The largest absolute Gasteiger partial charge is 0.480 e. The van der Waals surface area contributed by atoms with E-state index in [2.05, 4.69) is 67.0 Å². The Hall–Kier alpha value is -2.60. The molecule has 1 aliphatic rings. The number of hydrogen-bond donors (Lipinski definition) is 3. The lowest BCUT2D eigenvalue weighted by Gasteiger charge is -2.20. The minimum Gasteiger partial charge on any atom is -0.480 e. The zero-order valence-corrected chi connectivity index (χ0v) is 36.0. The van der Waals surface area contributed by atoms with E-state index in [0.717, 1.165) is 89.9 Å². The molecule has 0 aliphatic carbocycles. The van der Waals surface area contributed by atoms with Gasteiger partial charge in [-0.3, -0.25) is 23.4 Å². The molecular weight excluding hydrogens is 749 g/mol. The van der Waals surface area contributed by atoms with Crippen molar-refractivity contribution in [1.29, 1.82) is 0 Å². The maximum absolute atomic E-state index is 12.6. The Morgan fingerprint density at radius 1 is 0.649 bits per heavy atom. The van der Waals surface area contributed by atoms with Gasteiger partial charge in [-0.15, -0.1) is 0 Å². The fourth-order valence-electron chi connectivity index (χ4n) is 5.90. The highest BCUT2D eigenvalue weighted by molar-refractivity contribution is 7.47. The molecule has 13 heteroatoms. The first-order valence-corrected chi connectivity index (χ1v) is 23.3. The summed E-state index contributed by atoms with van der Waals surface area (Å²) in [6, 6.07) is -1.53. The van der Waals surface area contributed by atoms with Crippen LogP contribution in [0.4, 0.5) is 0 Å². The Morgan fingerprint density at radius 3 is 1.77 bits per heavy atom. The van der Waals surface area contributed by atoms with Crippen LogP contribution >= 0.6 is 7.82 Å². The third-order valence-electron chi connectivity index (χ3n) is 9.47. The number of rotatable bonds is 39. The van der Waals surface area contributed by atoms with Crippen LogP contribution in [-0.4, -0.2) is 72.1 Å². The Bertz CT molecular complexity index is 1220. The van der Waals surface area contributed by atoms with Gasteiger partial charge in [-0.1, -0.05) is 127 Å². The molecule has 1 fully saturated rings. The highest BCUT2D eigenvalue weighted by Crippen LogP contribution is 2.43. The van der Waals surface area contributed by atoms with Crippen molar-refractivity contribution in [3.63, 3.8) is 0 Å². The van der Waals surface area contributed by atoms with E-state index in [1.54, 1.807) is 0 Å². The molecule has 0 aromatic heterocycles. The number of aliphatic carboxylic acids is 1. The Kier molecular flexibility index (Phi) is 32.5. The van der Waals surface area contributed by atoms with Crippen LogP contribution in [0.2, 0.25) is 0 Å². The van der Waals surface area contributed by atoms with Crippen molar-refractivity contribution in [2.24, 2.45) is 5.73 Å². The van der Waals surface area contributed by atoms with Gasteiger partial charge in [0.15, 0.2) is 6.10 Å². The number of carboxylic acid groups (broad SMARTS) is 1. The summed E-state index contributed by atoms with van der Waals surface area (Å²) < 4.78 is 38.5. The number of allylic oxidation sites excluding steroid dienone is 7. The topological polar surface area (TPSA) is 184 Å². The van der Waals surface area contributed by atoms with E-state index in [1.807, 2.05) is 0 Å². The van der Waals surface area contributed by atoms with Gasteiger partial charge in [0.25, 0.3) is 0 Å².